The lowest BCUT2D eigenvalue weighted by molar-refractivity contribution is 0.0949. The van der Waals surface area contributed by atoms with E-state index in [-0.39, 0.29) is 5.91 Å². The summed E-state index contributed by atoms with van der Waals surface area (Å²) in [5.74, 6) is 1.18. The van der Waals surface area contributed by atoms with E-state index in [1.54, 1.807) is 18.2 Å². The molecule has 0 spiro atoms. The molecule has 0 fully saturated rings. The average Bonchev–Trinajstić information content (AvgIpc) is 2.59. The number of amides is 1. The first-order chi connectivity index (χ1) is 11.1. The molecule has 0 saturated carbocycles. The molecule has 2 aromatic carbocycles. The summed E-state index contributed by atoms with van der Waals surface area (Å²) in [7, 11) is 3.99. The van der Waals surface area contributed by atoms with Crippen molar-refractivity contribution < 1.29 is 14.3 Å². The fraction of sp³-hybridized carbons (Fsp3) is 0.278. The Morgan fingerprint density at radius 3 is 2.65 bits per heavy atom. The molecule has 0 aromatic heterocycles. The van der Waals surface area contributed by atoms with E-state index in [0.29, 0.717) is 36.8 Å². The van der Waals surface area contributed by atoms with Gasteiger partial charge in [-0.2, -0.15) is 0 Å². The van der Waals surface area contributed by atoms with Crippen molar-refractivity contribution in [3.8, 4) is 11.5 Å². The number of ether oxygens (including phenoxy) is 2. The first-order valence-electron chi connectivity index (χ1n) is 7.57. The summed E-state index contributed by atoms with van der Waals surface area (Å²) in [6.07, 6.45) is 0. The zero-order valence-electron chi connectivity index (χ0n) is 13.3. The zero-order valence-corrected chi connectivity index (χ0v) is 13.3. The normalized spacial score (nSPS) is 12.6. The largest absolute Gasteiger partial charge is 0.486 e. The molecule has 1 aliphatic rings. The Morgan fingerprint density at radius 2 is 1.87 bits per heavy atom. The van der Waals surface area contributed by atoms with Crippen molar-refractivity contribution in [1.82, 2.24) is 5.32 Å². The number of anilines is 1. The maximum absolute atomic E-state index is 12.3. The van der Waals surface area contributed by atoms with Gasteiger partial charge in [0.05, 0.1) is 0 Å². The van der Waals surface area contributed by atoms with Gasteiger partial charge in [0, 0.05) is 31.9 Å². The van der Waals surface area contributed by atoms with Gasteiger partial charge in [-0.05, 0) is 35.9 Å². The fourth-order valence-corrected chi connectivity index (χ4v) is 2.41. The third-order valence-electron chi connectivity index (χ3n) is 3.68. The molecule has 2 aromatic rings. The summed E-state index contributed by atoms with van der Waals surface area (Å²) in [5.41, 5.74) is 2.73. The van der Waals surface area contributed by atoms with Gasteiger partial charge < -0.3 is 19.7 Å². The molecule has 0 radical (unpaired) electrons. The first-order valence-corrected chi connectivity index (χ1v) is 7.57. The van der Waals surface area contributed by atoms with E-state index < -0.39 is 0 Å². The average molecular weight is 312 g/mol. The van der Waals surface area contributed by atoms with Crippen LogP contribution in [0.3, 0.4) is 0 Å². The molecule has 1 heterocycles. The number of carbonyl (C=O) groups is 1. The predicted octanol–water partition coefficient (Wildman–Crippen LogP) is 2.45. The molecule has 0 bridgehead atoms. The molecule has 1 N–H and O–H groups in total. The second-order valence-electron chi connectivity index (χ2n) is 5.61. The number of nitrogens with one attached hydrogen (secondary N) is 1. The summed E-state index contributed by atoms with van der Waals surface area (Å²) in [4.78, 5) is 14.3. The molecular formula is C18H20N2O3. The lowest BCUT2D eigenvalue weighted by atomic mass is 10.1. The maximum atomic E-state index is 12.3. The number of carbonyl (C=O) groups excluding carboxylic acids is 1. The third-order valence-corrected chi connectivity index (χ3v) is 3.68. The molecule has 0 unspecified atom stereocenters. The molecule has 5 nitrogen and oxygen atoms in total. The number of nitrogens with zero attached hydrogens (tertiary/aromatic N) is 1. The smallest absolute Gasteiger partial charge is 0.251 e. The number of hydrogen-bond acceptors (Lipinski definition) is 4. The highest BCUT2D eigenvalue weighted by molar-refractivity contribution is 5.94. The highest BCUT2D eigenvalue weighted by atomic mass is 16.6. The quantitative estimate of drug-likeness (QED) is 0.942. The van der Waals surface area contributed by atoms with Crippen LogP contribution in [0.15, 0.2) is 42.5 Å². The summed E-state index contributed by atoms with van der Waals surface area (Å²) < 4.78 is 11.0. The van der Waals surface area contributed by atoms with Gasteiger partial charge in [-0.3, -0.25) is 4.79 Å². The Morgan fingerprint density at radius 1 is 1.09 bits per heavy atom. The van der Waals surface area contributed by atoms with Crippen LogP contribution < -0.4 is 19.7 Å². The van der Waals surface area contributed by atoms with Crippen molar-refractivity contribution >= 4 is 11.6 Å². The minimum absolute atomic E-state index is 0.128. The molecule has 1 aliphatic heterocycles. The van der Waals surface area contributed by atoms with Crippen molar-refractivity contribution in [1.29, 1.82) is 0 Å². The highest BCUT2D eigenvalue weighted by Crippen LogP contribution is 2.30. The van der Waals surface area contributed by atoms with Crippen molar-refractivity contribution in [2.75, 3.05) is 32.2 Å². The van der Waals surface area contributed by atoms with E-state index in [9.17, 15) is 4.79 Å². The summed E-state index contributed by atoms with van der Waals surface area (Å²) in [6, 6.07) is 13.3. The van der Waals surface area contributed by atoms with Crippen LogP contribution in [0.4, 0.5) is 5.69 Å². The van der Waals surface area contributed by atoms with Gasteiger partial charge in [0.25, 0.3) is 5.91 Å². The molecule has 0 atom stereocenters. The van der Waals surface area contributed by atoms with Gasteiger partial charge in [0.1, 0.15) is 13.2 Å². The van der Waals surface area contributed by atoms with Crippen LogP contribution in [0.1, 0.15) is 15.9 Å². The summed E-state index contributed by atoms with van der Waals surface area (Å²) in [6.45, 7) is 1.53. The molecule has 120 valence electrons. The molecule has 1 amide bonds. The molecule has 0 saturated heterocycles. The van der Waals surface area contributed by atoms with E-state index in [1.165, 1.54) is 0 Å². The van der Waals surface area contributed by atoms with Gasteiger partial charge in [-0.15, -0.1) is 0 Å². The van der Waals surface area contributed by atoms with Gasteiger partial charge in [0.15, 0.2) is 11.5 Å². The second-order valence-corrected chi connectivity index (χ2v) is 5.61. The predicted molar refractivity (Wildman–Crippen MR) is 89.4 cm³/mol. The standard InChI is InChI=1S/C18H20N2O3/c1-20(2)15-5-3-4-13(10-15)12-19-18(21)14-6-7-16-17(11-14)23-9-8-22-16/h3-7,10-11H,8-9,12H2,1-2H3,(H,19,21). The molecule has 0 aliphatic carbocycles. The Balaban J connectivity index is 1.66. The van der Waals surface area contributed by atoms with Crippen LogP contribution in [0.5, 0.6) is 11.5 Å². The first kappa shape index (κ1) is 15.2. The van der Waals surface area contributed by atoms with Crippen LogP contribution in [-0.2, 0) is 6.54 Å². The fourth-order valence-electron chi connectivity index (χ4n) is 2.41. The topological polar surface area (TPSA) is 50.8 Å². The second kappa shape index (κ2) is 6.60. The minimum Gasteiger partial charge on any atom is -0.486 e. The van der Waals surface area contributed by atoms with Gasteiger partial charge in [-0.1, -0.05) is 12.1 Å². The number of hydrogen-bond donors (Lipinski definition) is 1. The van der Waals surface area contributed by atoms with Crippen LogP contribution in [0, 0.1) is 0 Å². The van der Waals surface area contributed by atoms with Crippen LogP contribution >= 0.6 is 0 Å². The number of fused-ring (bicyclic) bond motifs is 1. The SMILES string of the molecule is CN(C)c1cccc(CNC(=O)c2ccc3c(c2)OCCO3)c1. The van der Waals surface area contributed by atoms with E-state index >= 15 is 0 Å². The summed E-state index contributed by atoms with van der Waals surface area (Å²) >= 11 is 0. The lowest BCUT2D eigenvalue weighted by Gasteiger charge is -2.18. The van der Waals surface area contributed by atoms with Gasteiger partial charge in [-0.25, -0.2) is 0 Å². The maximum Gasteiger partial charge on any atom is 0.251 e. The van der Waals surface area contributed by atoms with E-state index in [2.05, 4.69) is 11.4 Å². The van der Waals surface area contributed by atoms with Crippen molar-refractivity contribution in [3.63, 3.8) is 0 Å². The Kier molecular flexibility index (Phi) is 4.37. The van der Waals surface area contributed by atoms with E-state index in [1.807, 2.05) is 37.2 Å². The van der Waals surface area contributed by atoms with E-state index in [0.717, 1.165) is 11.3 Å². The lowest BCUT2D eigenvalue weighted by Crippen LogP contribution is -2.23. The summed E-state index contributed by atoms with van der Waals surface area (Å²) in [5, 5.41) is 2.93. The molecule has 23 heavy (non-hydrogen) atoms. The van der Waals surface area contributed by atoms with Crippen molar-refractivity contribution in [2.24, 2.45) is 0 Å². The van der Waals surface area contributed by atoms with E-state index in [4.69, 9.17) is 9.47 Å². The van der Waals surface area contributed by atoms with Crippen LogP contribution in [0.25, 0.3) is 0 Å². The van der Waals surface area contributed by atoms with Gasteiger partial charge in [0.2, 0.25) is 0 Å². The molecule has 3 rings (SSSR count). The monoisotopic (exact) mass is 312 g/mol. The molecular weight excluding hydrogens is 292 g/mol. The zero-order chi connectivity index (χ0) is 16.2. The van der Waals surface area contributed by atoms with Crippen molar-refractivity contribution in [2.45, 2.75) is 6.54 Å². The van der Waals surface area contributed by atoms with Crippen LogP contribution in [-0.4, -0.2) is 33.2 Å². The number of rotatable bonds is 4. The number of benzene rings is 2. The Bertz CT molecular complexity index is 713. The Labute approximate surface area is 135 Å². The van der Waals surface area contributed by atoms with Gasteiger partial charge >= 0.3 is 0 Å². The molecule has 5 heteroatoms. The van der Waals surface area contributed by atoms with Crippen molar-refractivity contribution in [3.05, 3.63) is 53.6 Å². The highest BCUT2D eigenvalue weighted by Gasteiger charge is 2.14. The van der Waals surface area contributed by atoms with Crippen LogP contribution in [0.2, 0.25) is 0 Å². The minimum atomic E-state index is -0.128. The Hall–Kier alpha value is -2.69. The third kappa shape index (κ3) is 3.56.